The Kier molecular flexibility index (Phi) is 3.17. The average Bonchev–Trinajstić information content (AvgIpc) is 2.05. The lowest BCUT2D eigenvalue weighted by Gasteiger charge is -2.05. The van der Waals surface area contributed by atoms with Gasteiger partial charge in [-0.3, -0.25) is 4.98 Å². The predicted molar refractivity (Wildman–Crippen MR) is 46.5 cm³/mol. The molecule has 0 radical (unpaired) electrons. The maximum Gasteiger partial charge on any atom is 0.143 e. The number of halogens is 1. The number of hydrogen-bond acceptors (Lipinski definition) is 2. The molecular formula is C9H13FN2. The van der Waals surface area contributed by atoms with Crippen LogP contribution < -0.4 is 5.73 Å². The summed E-state index contributed by atoms with van der Waals surface area (Å²) in [5.74, 6) is 0. The van der Waals surface area contributed by atoms with Crippen molar-refractivity contribution in [2.75, 3.05) is 6.54 Å². The third-order valence-corrected chi connectivity index (χ3v) is 1.68. The highest BCUT2D eigenvalue weighted by Gasteiger charge is 2.09. The molecule has 66 valence electrons. The van der Waals surface area contributed by atoms with Gasteiger partial charge in [0.15, 0.2) is 0 Å². The Morgan fingerprint density at radius 1 is 1.67 bits per heavy atom. The highest BCUT2D eigenvalue weighted by Crippen LogP contribution is 2.18. The van der Waals surface area contributed by atoms with Crippen LogP contribution in [0.3, 0.4) is 0 Å². The van der Waals surface area contributed by atoms with Crippen molar-refractivity contribution in [1.29, 1.82) is 0 Å². The first-order valence-corrected chi connectivity index (χ1v) is 4.00. The van der Waals surface area contributed by atoms with Crippen molar-refractivity contribution in [3.8, 4) is 0 Å². The van der Waals surface area contributed by atoms with Crippen LogP contribution >= 0.6 is 0 Å². The summed E-state index contributed by atoms with van der Waals surface area (Å²) < 4.78 is 13.2. The number of rotatable bonds is 3. The first-order valence-electron chi connectivity index (χ1n) is 4.00. The van der Waals surface area contributed by atoms with E-state index in [0.29, 0.717) is 18.7 Å². The summed E-state index contributed by atoms with van der Waals surface area (Å²) in [6, 6.07) is 3.60. The quantitative estimate of drug-likeness (QED) is 0.746. The van der Waals surface area contributed by atoms with Gasteiger partial charge in [-0.1, -0.05) is 0 Å². The molecule has 0 spiro atoms. The van der Waals surface area contributed by atoms with Crippen LogP contribution in [0.15, 0.2) is 18.3 Å². The van der Waals surface area contributed by atoms with Gasteiger partial charge < -0.3 is 5.73 Å². The zero-order chi connectivity index (χ0) is 8.97. The van der Waals surface area contributed by atoms with Gasteiger partial charge in [0.25, 0.3) is 0 Å². The van der Waals surface area contributed by atoms with E-state index in [1.54, 1.807) is 12.3 Å². The molecule has 0 bridgehead atoms. The van der Waals surface area contributed by atoms with Gasteiger partial charge in [0.05, 0.1) is 5.69 Å². The van der Waals surface area contributed by atoms with Crippen LogP contribution in [0.2, 0.25) is 0 Å². The molecule has 2 nitrogen and oxygen atoms in total. The second-order valence-electron chi connectivity index (χ2n) is 2.80. The van der Waals surface area contributed by atoms with Crippen LogP contribution in [0.4, 0.5) is 4.39 Å². The largest absolute Gasteiger partial charge is 0.330 e. The molecule has 0 aromatic carbocycles. The van der Waals surface area contributed by atoms with Crippen LogP contribution in [0, 0.1) is 6.92 Å². The Morgan fingerprint density at radius 3 is 3.00 bits per heavy atom. The van der Waals surface area contributed by atoms with Gasteiger partial charge in [0.1, 0.15) is 6.17 Å². The fraction of sp³-hybridized carbons (Fsp3) is 0.444. The molecule has 0 aliphatic carbocycles. The molecule has 3 heteroatoms. The van der Waals surface area contributed by atoms with Gasteiger partial charge in [-0.2, -0.15) is 0 Å². The van der Waals surface area contributed by atoms with Crippen LogP contribution in [0.25, 0.3) is 0 Å². The molecule has 12 heavy (non-hydrogen) atoms. The monoisotopic (exact) mass is 168 g/mol. The minimum Gasteiger partial charge on any atom is -0.330 e. The summed E-state index contributed by atoms with van der Waals surface area (Å²) in [4.78, 5) is 3.93. The molecule has 1 unspecified atom stereocenters. The third kappa shape index (κ3) is 2.27. The summed E-state index contributed by atoms with van der Waals surface area (Å²) in [5.41, 5.74) is 6.75. The van der Waals surface area contributed by atoms with Crippen molar-refractivity contribution < 1.29 is 4.39 Å². The molecule has 2 N–H and O–H groups in total. The van der Waals surface area contributed by atoms with Crippen molar-refractivity contribution in [1.82, 2.24) is 4.98 Å². The first-order chi connectivity index (χ1) is 5.74. The number of aromatic nitrogens is 1. The normalized spacial score (nSPS) is 12.9. The smallest absolute Gasteiger partial charge is 0.143 e. The fourth-order valence-electron chi connectivity index (χ4n) is 1.03. The lowest BCUT2D eigenvalue weighted by Crippen LogP contribution is -2.04. The Hall–Kier alpha value is -0.960. The highest BCUT2D eigenvalue weighted by atomic mass is 19.1. The van der Waals surface area contributed by atoms with Crippen molar-refractivity contribution >= 4 is 0 Å². The average molecular weight is 168 g/mol. The second-order valence-corrected chi connectivity index (χ2v) is 2.80. The summed E-state index contributed by atoms with van der Waals surface area (Å²) in [7, 11) is 0. The van der Waals surface area contributed by atoms with Gasteiger partial charge in [-0.25, -0.2) is 4.39 Å². The molecular weight excluding hydrogens is 155 g/mol. The van der Waals surface area contributed by atoms with Crippen LogP contribution in [-0.2, 0) is 0 Å². The summed E-state index contributed by atoms with van der Waals surface area (Å²) in [5, 5.41) is 0. The lowest BCUT2D eigenvalue weighted by atomic mass is 10.1. The Bertz CT molecular complexity index is 250. The first kappa shape index (κ1) is 9.13. The second kappa shape index (κ2) is 4.16. The zero-order valence-corrected chi connectivity index (χ0v) is 7.13. The molecule has 1 heterocycles. The number of nitrogens with zero attached hydrogens (tertiary/aromatic N) is 1. The SMILES string of the molecule is Cc1ccnc(C(F)CCN)c1. The molecule has 0 saturated heterocycles. The number of aryl methyl sites for hydroxylation is 1. The molecule has 0 aliphatic rings. The summed E-state index contributed by atoms with van der Waals surface area (Å²) >= 11 is 0. The van der Waals surface area contributed by atoms with Gasteiger partial charge in [0, 0.05) is 6.20 Å². The van der Waals surface area contributed by atoms with E-state index < -0.39 is 6.17 Å². The van der Waals surface area contributed by atoms with Crippen LogP contribution in [0.5, 0.6) is 0 Å². The molecule has 1 rings (SSSR count). The molecule has 1 aromatic heterocycles. The van der Waals surface area contributed by atoms with Crippen molar-refractivity contribution in [2.45, 2.75) is 19.5 Å². The van der Waals surface area contributed by atoms with E-state index in [4.69, 9.17) is 5.73 Å². The van der Waals surface area contributed by atoms with Crippen LogP contribution in [0.1, 0.15) is 23.8 Å². The van der Waals surface area contributed by atoms with E-state index in [0.717, 1.165) is 5.56 Å². The number of pyridine rings is 1. The van der Waals surface area contributed by atoms with E-state index >= 15 is 0 Å². The molecule has 1 atom stereocenters. The number of nitrogens with two attached hydrogens (primary N) is 1. The van der Waals surface area contributed by atoms with Crippen molar-refractivity contribution in [2.24, 2.45) is 5.73 Å². The van der Waals surface area contributed by atoms with Crippen LogP contribution in [-0.4, -0.2) is 11.5 Å². The van der Waals surface area contributed by atoms with Crippen molar-refractivity contribution in [3.05, 3.63) is 29.6 Å². The minimum absolute atomic E-state index is 0.344. The van der Waals surface area contributed by atoms with Gasteiger partial charge in [0.2, 0.25) is 0 Å². The van der Waals surface area contributed by atoms with E-state index in [1.165, 1.54) is 0 Å². The van der Waals surface area contributed by atoms with E-state index in [2.05, 4.69) is 4.98 Å². The van der Waals surface area contributed by atoms with E-state index in [1.807, 2.05) is 13.0 Å². The maximum absolute atomic E-state index is 13.2. The number of hydrogen-bond donors (Lipinski definition) is 1. The zero-order valence-electron chi connectivity index (χ0n) is 7.13. The molecule has 0 saturated carbocycles. The Morgan fingerprint density at radius 2 is 2.42 bits per heavy atom. The maximum atomic E-state index is 13.2. The number of alkyl halides is 1. The molecule has 0 fully saturated rings. The van der Waals surface area contributed by atoms with Gasteiger partial charge in [-0.05, 0) is 37.6 Å². The van der Waals surface area contributed by atoms with E-state index in [9.17, 15) is 4.39 Å². The van der Waals surface area contributed by atoms with E-state index in [-0.39, 0.29) is 0 Å². The lowest BCUT2D eigenvalue weighted by molar-refractivity contribution is 0.320. The summed E-state index contributed by atoms with van der Waals surface area (Å²) in [6.07, 6.45) is 0.944. The Labute approximate surface area is 71.6 Å². The molecule has 0 aliphatic heterocycles. The minimum atomic E-state index is -1.02. The van der Waals surface area contributed by atoms with Gasteiger partial charge >= 0.3 is 0 Å². The van der Waals surface area contributed by atoms with Gasteiger partial charge in [-0.15, -0.1) is 0 Å². The fourth-order valence-corrected chi connectivity index (χ4v) is 1.03. The highest BCUT2D eigenvalue weighted by molar-refractivity contribution is 5.16. The third-order valence-electron chi connectivity index (χ3n) is 1.68. The summed E-state index contributed by atoms with van der Waals surface area (Å²) in [6.45, 7) is 2.27. The predicted octanol–water partition coefficient (Wildman–Crippen LogP) is 1.75. The Balaban J connectivity index is 2.73. The topological polar surface area (TPSA) is 38.9 Å². The standard InChI is InChI=1S/C9H13FN2/c1-7-3-5-12-9(6-7)8(10)2-4-11/h3,5-6,8H,2,4,11H2,1H3. The molecule has 0 amide bonds. The van der Waals surface area contributed by atoms with Crippen molar-refractivity contribution in [3.63, 3.8) is 0 Å². The molecule has 1 aromatic rings.